The largest absolute Gasteiger partial charge is 0.466 e. The van der Waals surface area contributed by atoms with Crippen LogP contribution in [0.5, 0.6) is 0 Å². The number of anilines is 1. The molecule has 1 saturated heterocycles. The minimum Gasteiger partial charge on any atom is -0.466 e. The molecule has 1 aromatic carbocycles. The van der Waals surface area contributed by atoms with Crippen molar-refractivity contribution in [2.75, 3.05) is 31.6 Å². The van der Waals surface area contributed by atoms with Crippen LogP contribution in [0.3, 0.4) is 0 Å². The predicted molar refractivity (Wildman–Crippen MR) is 97.0 cm³/mol. The second-order valence-electron chi connectivity index (χ2n) is 6.09. The maximum atomic E-state index is 12.4. The van der Waals surface area contributed by atoms with Crippen molar-refractivity contribution in [3.63, 3.8) is 0 Å². The number of esters is 2. The summed E-state index contributed by atoms with van der Waals surface area (Å²) in [6.45, 7) is 4.59. The Bertz CT molecular complexity index is 701. The van der Waals surface area contributed by atoms with Gasteiger partial charge in [-0.05, 0) is 51.0 Å². The summed E-state index contributed by atoms with van der Waals surface area (Å²) in [5.41, 5.74) is 0.745. The van der Waals surface area contributed by atoms with Gasteiger partial charge in [-0.2, -0.15) is 0 Å². The van der Waals surface area contributed by atoms with Gasteiger partial charge >= 0.3 is 23.8 Å². The Kier molecular flexibility index (Phi) is 7.34. The molecular formula is C19H24N2O6. The fourth-order valence-corrected chi connectivity index (χ4v) is 2.85. The van der Waals surface area contributed by atoms with Crippen LogP contribution in [0, 0.1) is 5.92 Å². The number of nitrogens with zero attached hydrogens (tertiary/aromatic N) is 1. The summed E-state index contributed by atoms with van der Waals surface area (Å²) >= 11 is 0. The first-order valence-electron chi connectivity index (χ1n) is 9.00. The van der Waals surface area contributed by atoms with Gasteiger partial charge in [-0.3, -0.25) is 14.4 Å². The minimum atomic E-state index is -0.789. The summed E-state index contributed by atoms with van der Waals surface area (Å²) in [6, 6.07) is 6.07. The van der Waals surface area contributed by atoms with Crippen molar-refractivity contribution in [3.8, 4) is 0 Å². The van der Waals surface area contributed by atoms with Crippen molar-refractivity contribution in [1.29, 1.82) is 0 Å². The molecule has 0 saturated carbocycles. The number of benzene rings is 1. The standard InChI is InChI=1S/C19H24N2O6/c1-3-26-18(24)13-7-9-15(10-8-13)20-16(22)17(23)21-11-5-6-14(12-21)19(25)27-4-2/h7-10,14H,3-6,11-12H2,1-2H3,(H,20,22). The van der Waals surface area contributed by atoms with Gasteiger partial charge < -0.3 is 19.7 Å². The highest BCUT2D eigenvalue weighted by atomic mass is 16.5. The van der Waals surface area contributed by atoms with Crippen LogP contribution in [-0.4, -0.2) is 55.0 Å². The van der Waals surface area contributed by atoms with E-state index in [1.165, 1.54) is 29.2 Å². The number of piperidine rings is 1. The normalized spacial score (nSPS) is 16.4. The van der Waals surface area contributed by atoms with Crippen LogP contribution in [0.15, 0.2) is 24.3 Å². The Hall–Kier alpha value is -2.90. The van der Waals surface area contributed by atoms with E-state index in [4.69, 9.17) is 9.47 Å². The number of carbonyl (C=O) groups is 4. The van der Waals surface area contributed by atoms with Gasteiger partial charge in [-0.25, -0.2) is 4.79 Å². The first kappa shape index (κ1) is 20.4. The number of hydrogen-bond donors (Lipinski definition) is 1. The molecule has 27 heavy (non-hydrogen) atoms. The molecule has 0 radical (unpaired) electrons. The summed E-state index contributed by atoms with van der Waals surface area (Å²) in [5, 5.41) is 2.51. The topological polar surface area (TPSA) is 102 Å². The van der Waals surface area contributed by atoms with Crippen molar-refractivity contribution < 1.29 is 28.7 Å². The lowest BCUT2D eigenvalue weighted by atomic mass is 9.98. The van der Waals surface area contributed by atoms with Crippen molar-refractivity contribution in [2.45, 2.75) is 26.7 Å². The van der Waals surface area contributed by atoms with Gasteiger partial charge in [-0.1, -0.05) is 0 Å². The monoisotopic (exact) mass is 376 g/mol. The molecule has 1 N–H and O–H groups in total. The zero-order valence-corrected chi connectivity index (χ0v) is 15.5. The third-order valence-electron chi connectivity index (χ3n) is 4.18. The third kappa shape index (κ3) is 5.54. The first-order chi connectivity index (χ1) is 13.0. The Labute approximate surface area is 157 Å². The molecule has 146 valence electrons. The van der Waals surface area contributed by atoms with Crippen molar-refractivity contribution in [3.05, 3.63) is 29.8 Å². The van der Waals surface area contributed by atoms with Crippen LogP contribution in [0.1, 0.15) is 37.0 Å². The molecular weight excluding hydrogens is 352 g/mol. The van der Waals surface area contributed by atoms with E-state index < -0.39 is 23.7 Å². The minimum absolute atomic E-state index is 0.173. The lowest BCUT2D eigenvalue weighted by Gasteiger charge is -2.30. The van der Waals surface area contributed by atoms with E-state index >= 15 is 0 Å². The summed E-state index contributed by atoms with van der Waals surface area (Å²) in [5.74, 6) is -2.68. The van der Waals surface area contributed by atoms with Crippen molar-refractivity contribution in [2.24, 2.45) is 5.92 Å². The molecule has 8 heteroatoms. The van der Waals surface area contributed by atoms with Crippen LogP contribution >= 0.6 is 0 Å². The number of rotatable bonds is 5. The van der Waals surface area contributed by atoms with Crippen LogP contribution in [0.25, 0.3) is 0 Å². The van der Waals surface area contributed by atoms with Crippen LogP contribution < -0.4 is 5.32 Å². The number of hydrogen-bond acceptors (Lipinski definition) is 6. The summed E-state index contributed by atoms with van der Waals surface area (Å²) < 4.78 is 9.89. The number of carbonyl (C=O) groups excluding carboxylic acids is 4. The number of ether oxygens (including phenoxy) is 2. The highest BCUT2D eigenvalue weighted by Gasteiger charge is 2.32. The molecule has 1 atom stereocenters. The van der Waals surface area contributed by atoms with Crippen molar-refractivity contribution >= 4 is 29.4 Å². The quantitative estimate of drug-likeness (QED) is 0.619. The second kappa shape index (κ2) is 9.70. The molecule has 1 heterocycles. The molecule has 1 aliphatic rings. The SMILES string of the molecule is CCOC(=O)c1ccc(NC(=O)C(=O)N2CCCC(C(=O)OCC)C2)cc1. The highest BCUT2D eigenvalue weighted by molar-refractivity contribution is 6.39. The van der Waals surface area contributed by atoms with Gasteiger partial charge in [0, 0.05) is 18.8 Å². The van der Waals surface area contributed by atoms with Gasteiger partial charge in [0.25, 0.3) is 0 Å². The smallest absolute Gasteiger partial charge is 0.338 e. The maximum Gasteiger partial charge on any atom is 0.338 e. The van der Waals surface area contributed by atoms with Crippen LogP contribution in [-0.2, 0) is 23.9 Å². The van der Waals surface area contributed by atoms with Gasteiger partial charge in [0.1, 0.15) is 0 Å². The molecule has 1 aliphatic heterocycles. The van der Waals surface area contributed by atoms with Crippen molar-refractivity contribution in [1.82, 2.24) is 4.90 Å². The Morgan fingerprint density at radius 1 is 1.07 bits per heavy atom. The van der Waals surface area contributed by atoms with E-state index in [0.29, 0.717) is 30.6 Å². The fourth-order valence-electron chi connectivity index (χ4n) is 2.85. The number of amides is 2. The average Bonchev–Trinajstić information content (AvgIpc) is 2.68. The lowest BCUT2D eigenvalue weighted by molar-refractivity contribution is -0.153. The Balaban J connectivity index is 1.94. The molecule has 1 unspecified atom stereocenters. The predicted octanol–water partition coefficient (Wildman–Crippen LogP) is 1.60. The molecule has 2 amide bonds. The summed E-state index contributed by atoms with van der Waals surface area (Å²) in [7, 11) is 0. The van der Waals surface area contributed by atoms with Crippen LogP contribution in [0.4, 0.5) is 5.69 Å². The molecule has 8 nitrogen and oxygen atoms in total. The van der Waals surface area contributed by atoms with E-state index in [1.54, 1.807) is 13.8 Å². The molecule has 2 rings (SSSR count). The van der Waals surface area contributed by atoms with Gasteiger partial charge in [0.2, 0.25) is 0 Å². The van der Waals surface area contributed by atoms with E-state index in [0.717, 1.165) is 0 Å². The van der Waals surface area contributed by atoms with Crippen LogP contribution in [0.2, 0.25) is 0 Å². The zero-order valence-electron chi connectivity index (χ0n) is 15.5. The molecule has 0 bridgehead atoms. The third-order valence-corrected chi connectivity index (χ3v) is 4.18. The van der Waals surface area contributed by atoms with E-state index in [-0.39, 0.29) is 25.7 Å². The average molecular weight is 376 g/mol. The number of nitrogens with one attached hydrogen (secondary N) is 1. The van der Waals surface area contributed by atoms with E-state index in [9.17, 15) is 19.2 Å². The summed E-state index contributed by atoms with van der Waals surface area (Å²) in [6.07, 6.45) is 1.27. The maximum absolute atomic E-state index is 12.4. The fraction of sp³-hybridized carbons (Fsp3) is 0.474. The second-order valence-corrected chi connectivity index (χ2v) is 6.09. The van der Waals surface area contributed by atoms with Gasteiger partial charge in [-0.15, -0.1) is 0 Å². The molecule has 0 spiro atoms. The summed E-state index contributed by atoms with van der Waals surface area (Å²) in [4.78, 5) is 49.4. The Morgan fingerprint density at radius 3 is 2.37 bits per heavy atom. The highest BCUT2D eigenvalue weighted by Crippen LogP contribution is 2.18. The zero-order chi connectivity index (χ0) is 19.8. The molecule has 1 aromatic rings. The number of likely N-dealkylation sites (tertiary alicyclic amines) is 1. The van der Waals surface area contributed by atoms with Gasteiger partial charge in [0.05, 0.1) is 24.7 Å². The lowest BCUT2D eigenvalue weighted by Crippen LogP contribution is -2.47. The Morgan fingerprint density at radius 2 is 1.74 bits per heavy atom. The van der Waals surface area contributed by atoms with E-state index in [1.807, 2.05) is 0 Å². The molecule has 1 fully saturated rings. The van der Waals surface area contributed by atoms with Gasteiger partial charge in [0.15, 0.2) is 0 Å². The molecule has 0 aliphatic carbocycles. The first-order valence-corrected chi connectivity index (χ1v) is 9.00. The molecule has 0 aromatic heterocycles. The van der Waals surface area contributed by atoms with E-state index in [2.05, 4.69) is 5.32 Å².